The van der Waals surface area contributed by atoms with Crippen molar-refractivity contribution < 1.29 is 14.3 Å². The third-order valence-corrected chi connectivity index (χ3v) is 5.11. The van der Waals surface area contributed by atoms with Crippen LogP contribution in [0.3, 0.4) is 0 Å². The zero-order chi connectivity index (χ0) is 21.2. The van der Waals surface area contributed by atoms with Gasteiger partial charge < -0.3 is 9.47 Å². The van der Waals surface area contributed by atoms with E-state index in [0.717, 1.165) is 40.8 Å². The van der Waals surface area contributed by atoms with E-state index in [0.29, 0.717) is 6.61 Å². The first-order valence-electron chi connectivity index (χ1n) is 10.6. The number of carbonyl (C=O) groups is 1. The molecule has 0 saturated carbocycles. The van der Waals surface area contributed by atoms with Gasteiger partial charge in [0.25, 0.3) is 0 Å². The molecule has 156 valence electrons. The fourth-order valence-corrected chi connectivity index (χ4v) is 3.45. The van der Waals surface area contributed by atoms with Gasteiger partial charge in [0.15, 0.2) is 0 Å². The largest absolute Gasteiger partial charge is 0.493 e. The highest BCUT2D eigenvalue weighted by Crippen LogP contribution is 2.35. The fourth-order valence-electron chi connectivity index (χ4n) is 3.45. The Kier molecular flexibility index (Phi) is 8.08. The summed E-state index contributed by atoms with van der Waals surface area (Å²) >= 11 is 0. The third kappa shape index (κ3) is 6.21. The fraction of sp³-hybridized carbons (Fsp3) is 0.296. The lowest BCUT2D eigenvalue weighted by molar-refractivity contribution is -0.145. The molecule has 0 fully saturated rings. The average molecular weight is 403 g/mol. The summed E-state index contributed by atoms with van der Waals surface area (Å²) < 4.78 is 11.7. The highest BCUT2D eigenvalue weighted by atomic mass is 16.5. The predicted octanol–water partition coefficient (Wildman–Crippen LogP) is 6.44. The second-order valence-electron chi connectivity index (χ2n) is 7.56. The van der Waals surface area contributed by atoms with Crippen LogP contribution in [-0.4, -0.2) is 12.6 Å². The Morgan fingerprint density at radius 2 is 1.63 bits per heavy atom. The van der Waals surface area contributed by atoms with Gasteiger partial charge in [-0.1, -0.05) is 91.7 Å². The molecule has 3 rings (SSSR count). The molecule has 0 aliphatic rings. The molecular weight excluding hydrogens is 372 g/mol. The number of hydrogen-bond donors (Lipinski definition) is 0. The summed E-state index contributed by atoms with van der Waals surface area (Å²) in [5.41, 5.74) is 4.25. The van der Waals surface area contributed by atoms with Crippen LogP contribution < -0.4 is 4.74 Å². The van der Waals surface area contributed by atoms with Gasteiger partial charge in [0.1, 0.15) is 12.4 Å². The molecule has 3 aromatic rings. The lowest BCUT2D eigenvalue weighted by Gasteiger charge is -2.21. The van der Waals surface area contributed by atoms with Crippen LogP contribution in [0.4, 0.5) is 0 Å². The van der Waals surface area contributed by atoms with Crippen molar-refractivity contribution in [2.75, 3.05) is 6.61 Å². The Bertz CT molecular complexity index is 919. The Labute approximate surface area is 179 Å². The molecule has 0 N–H and O–H groups in total. The molecule has 3 aromatic carbocycles. The number of carbonyl (C=O) groups excluding carboxylic acids is 1. The molecule has 30 heavy (non-hydrogen) atoms. The van der Waals surface area contributed by atoms with E-state index in [1.54, 1.807) is 0 Å². The summed E-state index contributed by atoms with van der Waals surface area (Å²) in [7, 11) is 0. The van der Waals surface area contributed by atoms with E-state index < -0.39 is 0 Å². The molecule has 0 heterocycles. The molecule has 0 bridgehead atoms. The van der Waals surface area contributed by atoms with E-state index >= 15 is 0 Å². The molecular formula is C27H30O3. The number of rotatable bonds is 10. The maximum atomic E-state index is 12.8. The zero-order valence-corrected chi connectivity index (χ0v) is 17.8. The number of unbranched alkanes of at least 4 members (excludes halogenated alkanes) is 1. The summed E-state index contributed by atoms with van der Waals surface area (Å²) in [6, 6.07) is 26.1. The predicted molar refractivity (Wildman–Crippen MR) is 121 cm³/mol. The van der Waals surface area contributed by atoms with E-state index in [1.165, 1.54) is 0 Å². The maximum absolute atomic E-state index is 12.8. The van der Waals surface area contributed by atoms with Gasteiger partial charge in [0, 0.05) is 11.5 Å². The Morgan fingerprint density at radius 1 is 0.933 bits per heavy atom. The number of aryl methyl sites for hydroxylation is 1. The summed E-state index contributed by atoms with van der Waals surface area (Å²) in [5, 5.41) is 0. The van der Waals surface area contributed by atoms with E-state index in [-0.39, 0.29) is 24.9 Å². The van der Waals surface area contributed by atoms with E-state index in [4.69, 9.17) is 9.47 Å². The van der Waals surface area contributed by atoms with Gasteiger partial charge in [-0.25, -0.2) is 0 Å². The SMILES string of the molecule is CCCCOc1ccc(C)cc1C(CC(=O)OCc1ccccc1)c1ccccc1. The minimum Gasteiger partial charge on any atom is -0.493 e. The first-order valence-corrected chi connectivity index (χ1v) is 10.6. The van der Waals surface area contributed by atoms with Crippen molar-refractivity contribution >= 4 is 5.97 Å². The van der Waals surface area contributed by atoms with Crippen molar-refractivity contribution in [2.45, 2.75) is 45.6 Å². The quantitative estimate of drug-likeness (QED) is 0.289. The van der Waals surface area contributed by atoms with Gasteiger partial charge in [0.05, 0.1) is 13.0 Å². The van der Waals surface area contributed by atoms with E-state index in [9.17, 15) is 4.79 Å². The minimum atomic E-state index is -0.214. The Balaban J connectivity index is 1.83. The van der Waals surface area contributed by atoms with E-state index in [2.05, 4.69) is 38.1 Å². The van der Waals surface area contributed by atoms with Gasteiger partial charge >= 0.3 is 5.97 Å². The van der Waals surface area contributed by atoms with Gasteiger partial charge in [-0.3, -0.25) is 4.79 Å². The lowest BCUT2D eigenvalue weighted by atomic mass is 9.87. The van der Waals surface area contributed by atoms with Crippen LogP contribution in [-0.2, 0) is 16.1 Å². The summed E-state index contributed by atoms with van der Waals surface area (Å²) in [6.07, 6.45) is 2.35. The van der Waals surface area contributed by atoms with Gasteiger partial charge in [-0.05, 0) is 30.5 Å². The van der Waals surface area contributed by atoms with Crippen LogP contribution in [0.2, 0.25) is 0 Å². The summed E-state index contributed by atoms with van der Waals surface area (Å²) in [6.45, 7) is 5.17. The molecule has 0 aliphatic heterocycles. The van der Waals surface area contributed by atoms with Crippen molar-refractivity contribution in [3.8, 4) is 5.75 Å². The molecule has 0 aliphatic carbocycles. The molecule has 3 nitrogen and oxygen atoms in total. The maximum Gasteiger partial charge on any atom is 0.307 e. The highest BCUT2D eigenvalue weighted by Gasteiger charge is 2.23. The van der Waals surface area contributed by atoms with Gasteiger partial charge in [-0.2, -0.15) is 0 Å². The molecule has 0 spiro atoms. The van der Waals surface area contributed by atoms with Crippen LogP contribution in [0.25, 0.3) is 0 Å². The highest BCUT2D eigenvalue weighted by molar-refractivity contribution is 5.72. The Hall–Kier alpha value is -3.07. The number of ether oxygens (including phenoxy) is 2. The van der Waals surface area contributed by atoms with Gasteiger partial charge in [-0.15, -0.1) is 0 Å². The first kappa shape index (κ1) is 21.6. The number of esters is 1. The summed E-state index contributed by atoms with van der Waals surface area (Å²) in [5.74, 6) is 0.512. The van der Waals surface area contributed by atoms with Crippen LogP contribution >= 0.6 is 0 Å². The average Bonchev–Trinajstić information content (AvgIpc) is 2.78. The first-order chi connectivity index (χ1) is 14.7. The minimum absolute atomic E-state index is 0.119. The second-order valence-corrected chi connectivity index (χ2v) is 7.56. The van der Waals surface area contributed by atoms with Crippen LogP contribution in [0.5, 0.6) is 5.75 Å². The monoisotopic (exact) mass is 402 g/mol. The molecule has 0 amide bonds. The van der Waals surface area contributed by atoms with Gasteiger partial charge in [0.2, 0.25) is 0 Å². The van der Waals surface area contributed by atoms with Crippen LogP contribution in [0.15, 0.2) is 78.9 Å². The van der Waals surface area contributed by atoms with Crippen molar-refractivity contribution in [3.05, 3.63) is 101 Å². The van der Waals surface area contributed by atoms with Crippen LogP contribution in [0, 0.1) is 6.92 Å². The topological polar surface area (TPSA) is 35.5 Å². The van der Waals surface area contributed by atoms with Crippen molar-refractivity contribution in [1.82, 2.24) is 0 Å². The molecule has 3 heteroatoms. The number of hydrogen-bond acceptors (Lipinski definition) is 3. The lowest BCUT2D eigenvalue weighted by Crippen LogP contribution is -2.13. The molecule has 0 saturated heterocycles. The third-order valence-electron chi connectivity index (χ3n) is 5.11. The van der Waals surface area contributed by atoms with E-state index in [1.807, 2.05) is 54.6 Å². The van der Waals surface area contributed by atoms with Crippen LogP contribution in [0.1, 0.15) is 54.4 Å². The zero-order valence-electron chi connectivity index (χ0n) is 17.8. The molecule has 0 radical (unpaired) electrons. The smallest absolute Gasteiger partial charge is 0.307 e. The Morgan fingerprint density at radius 3 is 2.33 bits per heavy atom. The number of benzene rings is 3. The molecule has 1 atom stereocenters. The standard InChI is InChI=1S/C27H30O3/c1-3-4-17-29-26-16-15-21(2)18-25(26)24(23-13-9-6-10-14-23)19-27(28)30-20-22-11-7-5-8-12-22/h5-16,18,24H,3-4,17,19-20H2,1-2H3. The van der Waals surface area contributed by atoms with Crippen molar-refractivity contribution in [2.24, 2.45) is 0 Å². The molecule has 0 aromatic heterocycles. The second kappa shape index (κ2) is 11.2. The van der Waals surface area contributed by atoms with Crippen molar-refractivity contribution in [1.29, 1.82) is 0 Å². The molecule has 1 unspecified atom stereocenters. The normalized spacial score (nSPS) is 11.7. The summed E-state index contributed by atoms with van der Waals surface area (Å²) in [4.78, 5) is 12.8. The van der Waals surface area contributed by atoms with Crippen molar-refractivity contribution in [3.63, 3.8) is 0 Å².